The average Bonchev–Trinajstić information content (AvgIpc) is 2.99. The molecule has 2 aliphatic heterocycles. The Kier molecular flexibility index (Phi) is 3.73. The van der Waals surface area contributed by atoms with E-state index in [2.05, 4.69) is 39.2 Å². The van der Waals surface area contributed by atoms with Crippen molar-refractivity contribution in [3.63, 3.8) is 0 Å². The van der Waals surface area contributed by atoms with Crippen LogP contribution in [0.15, 0.2) is 0 Å². The summed E-state index contributed by atoms with van der Waals surface area (Å²) in [5.41, 5.74) is -0.00512. The van der Waals surface area contributed by atoms with Crippen LogP contribution >= 0.6 is 0 Å². The number of aryl methyl sites for hydroxylation is 1. The van der Waals surface area contributed by atoms with Gasteiger partial charge in [-0.1, -0.05) is 13.8 Å². The Balaban J connectivity index is 1.69. The lowest BCUT2D eigenvalue weighted by Crippen LogP contribution is -2.56. The molecule has 0 saturated carbocycles. The fourth-order valence-electron chi connectivity index (χ4n) is 3.51. The number of piperidine rings is 1. The van der Waals surface area contributed by atoms with Crippen LogP contribution in [0.3, 0.4) is 0 Å². The van der Waals surface area contributed by atoms with Gasteiger partial charge in [-0.05, 0) is 38.1 Å². The Morgan fingerprint density at radius 1 is 1.43 bits per heavy atom. The van der Waals surface area contributed by atoms with E-state index in [9.17, 15) is 4.79 Å². The standard InChI is InChI=1S/C15H25N5O/c1-10(13-19-18-11-6-4-9-20(11)13)17-14(21)12-15(2,3)7-5-8-16-12/h10,12,16H,4-9H2,1-3H3,(H,17,21). The lowest BCUT2D eigenvalue weighted by Gasteiger charge is -2.38. The molecule has 0 bridgehead atoms. The molecule has 2 N–H and O–H groups in total. The molecule has 21 heavy (non-hydrogen) atoms. The summed E-state index contributed by atoms with van der Waals surface area (Å²) < 4.78 is 2.14. The van der Waals surface area contributed by atoms with E-state index in [-0.39, 0.29) is 23.4 Å². The smallest absolute Gasteiger partial charge is 0.238 e. The van der Waals surface area contributed by atoms with Crippen LogP contribution in [-0.4, -0.2) is 33.3 Å². The van der Waals surface area contributed by atoms with Crippen LogP contribution in [-0.2, 0) is 17.8 Å². The summed E-state index contributed by atoms with van der Waals surface area (Å²) in [6, 6.07) is -0.231. The summed E-state index contributed by atoms with van der Waals surface area (Å²) in [7, 11) is 0. The maximum Gasteiger partial charge on any atom is 0.238 e. The molecule has 6 nitrogen and oxygen atoms in total. The van der Waals surface area contributed by atoms with Crippen LogP contribution in [0.5, 0.6) is 0 Å². The Hall–Kier alpha value is -1.43. The van der Waals surface area contributed by atoms with Gasteiger partial charge in [0.15, 0.2) is 5.82 Å². The molecule has 0 aliphatic carbocycles. The van der Waals surface area contributed by atoms with E-state index in [1.807, 2.05) is 6.92 Å². The second kappa shape index (κ2) is 5.40. The van der Waals surface area contributed by atoms with Gasteiger partial charge in [0.1, 0.15) is 5.82 Å². The van der Waals surface area contributed by atoms with Gasteiger partial charge >= 0.3 is 0 Å². The Morgan fingerprint density at radius 2 is 2.24 bits per heavy atom. The maximum absolute atomic E-state index is 12.6. The number of carbonyl (C=O) groups excluding carboxylic acids is 1. The lowest BCUT2D eigenvalue weighted by molar-refractivity contribution is -0.127. The molecule has 1 fully saturated rings. The first-order valence-corrected chi connectivity index (χ1v) is 7.95. The van der Waals surface area contributed by atoms with Crippen molar-refractivity contribution in [3.8, 4) is 0 Å². The van der Waals surface area contributed by atoms with Gasteiger partial charge in [0.05, 0.1) is 12.1 Å². The molecule has 2 atom stereocenters. The summed E-state index contributed by atoms with van der Waals surface area (Å²) in [5, 5.41) is 14.9. The summed E-state index contributed by atoms with van der Waals surface area (Å²) in [5.74, 6) is 1.99. The third kappa shape index (κ3) is 2.69. The topological polar surface area (TPSA) is 71.8 Å². The van der Waals surface area contributed by atoms with E-state index >= 15 is 0 Å². The van der Waals surface area contributed by atoms with Gasteiger partial charge in [-0.25, -0.2) is 0 Å². The van der Waals surface area contributed by atoms with E-state index in [1.165, 1.54) is 0 Å². The Labute approximate surface area is 125 Å². The number of carbonyl (C=O) groups is 1. The molecular formula is C15H25N5O. The third-order valence-corrected chi connectivity index (χ3v) is 4.77. The number of aromatic nitrogens is 3. The molecule has 3 heterocycles. The van der Waals surface area contributed by atoms with Crippen LogP contribution < -0.4 is 10.6 Å². The minimum Gasteiger partial charge on any atom is -0.345 e. The summed E-state index contributed by atoms with van der Waals surface area (Å²) in [6.45, 7) is 8.18. The predicted molar refractivity (Wildman–Crippen MR) is 79.7 cm³/mol. The first-order chi connectivity index (χ1) is 9.99. The molecule has 2 unspecified atom stereocenters. The van der Waals surface area contributed by atoms with E-state index in [1.54, 1.807) is 0 Å². The highest BCUT2D eigenvalue weighted by Crippen LogP contribution is 2.30. The summed E-state index contributed by atoms with van der Waals surface area (Å²) in [6.07, 6.45) is 4.32. The number of nitrogens with one attached hydrogen (secondary N) is 2. The zero-order valence-corrected chi connectivity index (χ0v) is 13.1. The minimum atomic E-state index is -0.130. The molecule has 1 saturated heterocycles. The van der Waals surface area contributed by atoms with E-state index < -0.39 is 0 Å². The minimum absolute atomic E-state index is 0.00512. The molecule has 1 aromatic heterocycles. The lowest BCUT2D eigenvalue weighted by atomic mass is 9.77. The maximum atomic E-state index is 12.6. The molecule has 0 radical (unpaired) electrons. The summed E-state index contributed by atoms with van der Waals surface area (Å²) in [4.78, 5) is 12.6. The molecule has 1 aromatic rings. The predicted octanol–water partition coefficient (Wildman–Crippen LogP) is 1.18. The van der Waals surface area contributed by atoms with Crippen LogP contribution in [0.1, 0.15) is 57.7 Å². The quantitative estimate of drug-likeness (QED) is 0.877. The normalized spacial score (nSPS) is 25.4. The van der Waals surface area contributed by atoms with Crippen LogP contribution in [0.2, 0.25) is 0 Å². The highest BCUT2D eigenvalue weighted by Gasteiger charge is 2.37. The van der Waals surface area contributed by atoms with Gasteiger partial charge < -0.3 is 15.2 Å². The Bertz CT molecular complexity index is 536. The van der Waals surface area contributed by atoms with Gasteiger partial charge in [-0.3, -0.25) is 4.79 Å². The van der Waals surface area contributed by atoms with Crippen LogP contribution in [0.4, 0.5) is 0 Å². The second-order valence-corrected chi connectivity index (χ2v) is 6.94. The van der Waals surface area contributed by atoms with Crippen LogP contribution in [0, 0.1) is 5.41 Å². The van der Waals surface area contributed by atoms with Crippen molar-refractivity contribution in [2.24, 2.45) is 5.41 Å². The van der Waals surface area contributed by atoms with Gasteiger partial charge in [0, 0.05) is 13.0 Å². The highest BCUT2D eigenvalue weighted by atomic mass is 16.2. The average molecular weight is 291 g/mol. The first-order valence-electron chi connectivity index (χ1n) is 7.95. The van der Waals surface area contributed by atoms with Crippen molar-refractivity contribution in [2.45, 2.75) is 65.1 Å². The zero-order chi connectivity index (χ0) is 15.0. The molecule has 1 amide bonds. The van der Waals surface area contributed by atoms with Crippen LogP contribution in [0.25, 0.3) is 0 Å². The van der Waals surface area contributed by atoms with Gasteiger partial charge in [0.25, 0.3) is 0 Å². The molecule has 0 spiro atoms. The van der Waals surface area contributed by atoms with Gasteiger partial charge in [0.2, 0.25) is 5.91 Å². The van der Waals surface area contributed by atoms with Gasteiger partial charge in [-0.2, -0.15) is 0 Å². The van der Waals surface area contributed by atoms with Crippen molar-refractivity contribution >= 4 is 5.91 Å². The van der Waals surface area contributed by atoms with Crippen molar-refractivity contribution < 1.29 is 4.79 Å². The highest BCUT2D eigenvalue weighted by molar-refractivity contribution is 5.83. The SMILES string of the molecule is CC(NC(=O)C1NCCCC1(C)C)c1nnc2n1CCC2. The first kappa shape index (κ1) is 14.5. The number of amides is 1. The van der Waals surface area contributed by atoms with Gasteiger partial charge in [-0.15, -0.1) is 10.2 Å². The Morgan fingerprint density at radius 3 is 3.00 bits per heavy atom. The number of hydrogen-bond acceptors (Lipinski definition) is 4. The molecule has 116 valence electrons. The van der Waals surface area contributed by atoms with Crippen molar-refractivity contribution in [3.05, 3.63) is 11.6 Å². The monoisotopic (exact) mass is 291 g/mol. The second-order valence-electron chi connectivity index (χ2n) is 6.94. The number of nitrogens with zero attached hydrogens (tertiary/aromatic N) is 3. The number of rotatable bonds is 3. The zero-order valence-electron chi connectivity index (χ0n) is 13.1. The van der Waals surface area contributed by atoms with E-state index in [4.69, 9.17) is 0 Å². The van der Waals surface area contributed by atoms with Crippen molar-refractivity contribution in [2.75, 3.05) is 6.54 Å². The third-order valence-electron chi connectivity index (χ3n) is 4.77. The molecular weight excluding hydrogens is 266 g/mol. The number of fused-ring (bicyclic) bond motifs is 1. The van der Waals surface area contributed by atoms with E-state index in [0.717, 1.165) is 50.4 Å². The molecule has 3 rings (SSSR count). The van der Waals surface area contributed by atoms with Crippen molar-refractivity contribution in [1.29, 1.82) is 0 Å². The molecule has 0 aromatic carbocycles. The largest absolute Gasteiger partial charge is 0.345 e. The molecule has 2 aliphatic rings. The van der Waals surface area contributed by atoms with E-state index in [0.29, 0.717) is 0 Å². The van der Waals surface area contributed by atoms with Crippen molar-refractivity contribution in [1.82, 2.24) is 25.4 Å². The number of hydrogen-bond donors (Lipinski definition) is 2. The summed E-state index contributed by atoms with van der Waals surface area (Å²) >= 11 is 0. The fourth-order valence-corrected chi connectivity index (χ4v) is 3.51. The molecule has 6 heteroatoms. The fraction of sp³-hybridized carbons (Fsp3) is 0.800.